The molecule has 0 saturated carbocycles. The fourth-order valence-electron chi connectivity index (χ4n) is 4.50. The highest BCUT2D eigenvalue weighted by molar-refractivity contribution is 6.06. The van der Waals surface area contributed by atoms with Crippen LogP contribution in [0.4, 0.5) is 5.69 Å². The van der Waals surface area contributed by atoms with Crippen LogP contribution in [0.15, 0.2) is 67.0 Å². The summed E-state index contributed by atoms with van der Waals surface area (Å²) in [6.07, 6.45) is 7.13. The SMILES string of the molecule is Nc1cc(-c2ccc(CCCO)cc2)ccc1-c1cc(C(=O)NOC2CCCCO2)c2cnccc2n1. The van der Waals surface area contributed by atoms with Gasteiger partial charge in [0.05, 0.1) is 16.8 Å². The van der Waals surface area contributed by atoms with Crippen LogP contribution in [0.5, 0.6) is 0 Å². The van der Waals surface area contributed by atoms with Crippen LogP contribution >= 0.6 is 0 Å². The molecule has 0 spiro atoms. The number of hydrogen-bond donors (Lipinski definition) is 3. The van der Waals surface area contributed by atoms with Crippen molar-refractivity contribution in [3.63, 3.8) is 0 Å². The Kier molecular flexibility index (Phi) is 7.70. The predicted octanol–water partition coefficient (Wildman–Crippen LogP) is 4.66. The molecule has 190 valence electrons. The van der Waals surface area contributed by atoms with Crippen molar-refractivity contribution in [1.82, 2.24) is 15.4 Å². The van der Waals surface area contributed by atoms with E-state index in [0.29, 0.717) is 34.5 Å². The number of carbonyl (C=O) groups is 1. The van der Waals surface area contributed by atoms with Crippen molar-refractivity contribution in [3.05, 3.63) is 78.1 Å². The van der Waals surface area contributed by atoms with Gasteiger partial charge < -0.3 is 15.6 Å². The normalized spacial score (nSPS) is 15.5. The quantitative estimate of drug-likeness (QED) is 0.239. The minimum Gasteiger partial charge on any atom is -0.398 e. The van der Waals surface area contributed by atoms with Crippen molar-refractivity contribution in [1.29, 1.82) is 0 Å². The molecule has 8 nitrogen and oxygen atoms in total. The fraction of sp³-hybridized carbons (Fsp3) is 0.276. The first-order valence-corrected chi connectivity index (χ1v) is 12.5. The Bertz CT molecular complexity index is 1380. The van der Waals surface area contributed by atoms with E-state index in [4.69, 9.17) is 25.4 Å². The molecule has 0 radical (unpaired) electrons. The van der Waals surface area contributed by atoms with E-state index in [9.17, 15) is 4.79 Å². The maximum absolute atomic E-state index is 13.1. The van der Waals surface area contributed by atoms with Crippen molar-refractivity contribution in [2.75, 3.05) is 18.9 Å². The lowest BCUT2D eigenvalue weighted by atomic mass is 9.98. The lowest BCUT2D eigenvalue weighted by Gasteiger charge is -2.22. The number of aliphatic hydroxyl groups is 1. The third-order valence-electron chi connectivity index (χ3n) is 6.51. The van der Waals surface area contributed by atoms with E-state index < -0.39 is 12.2 Å². The maximum atomic E-state index is 13.1. The van der Waals surface area contributed by atoms with Gasteiger partial charge in [0.2, 0.25) is 0 Å². The average Bonchev–Trinajstić information content (AvgIpc) is 2.95. The average molecular weight is 499 g/mol. The third kappa shape index (κ3) is 5.77. The van der Waals surface area contributed by atoms with Crippen LogP contribution in [0, 0.1) is 0 Å². The largest absolute Gasteiger partial charge is 0.398 e. The second-order valence-corrected chi connectivity index (χ2v) is 9.12. The molecule has 4 aromatic rings. The van der Waals surface area contributed by atoms with Gasteiger partial charge in [-0.1, -0.05) is 36.4 Å². The van der Waals surface area contributed by atoms with E-state index in [1.807, 2.05) is 18.2 Å². The van der Waals surface area contributed by atoms with Crippen LogP contribution in [-0.4, -0.2) is 40.5 Å². The number of hydrogen-bond acceptors (Lipinski definition) is 7. The number of nitrogens with zero attached hydrogens (tertiary/aromatic N) is 2. The van der Waals surface area contributed by atoms with E-state index in [0.717, 1.165) is 48.8 Å². The van der Waals surface area contributed by atoms with E-state index in [1.165, 1.54) is 5.56 Å². The van der Waals surface area contributed by atoms with Gasteiger partial charge in [-0.3, -0.25) is 9.78 Å². The molecule has 0 aliphatic carbocycles. The van der Waals surface area contributed by atoms with E-state index in [2.05, 4.69) is 34.7 Å². The van der Waals surface area contributed by atoms with Gasteiger partial charge in [-0.25, -0.2) is 15.3 Å². The molecule has 2 aromatic carbocycles. The number of anilines is 1. The lowest BCUT2D eigenvalue weighted by molar-refractivity contribution is -0.186. The molecule has 1 unspecified atom stereocenters. The van der Waals surface area contributed by atoms with Gasteiger partial charge in [-0.05, 0) is 60.6 Å². The second-order valence-electron chi connectivity index (χ2n) is 9.12. The molecular weight excluding hydrogens is 468 g/mol. The highest BCUT2D eigenvalue weighted by Gasteiger charge is 2.19. The van der Waals surface area contributed by atoms with E-state index in [-0.39, 0.29) is 6.61 Å². The van der Waals surface area contributed by atoms with Gasteiger partial charge >= 0.3 is 0 Å². The van der Waals surface area contributed by atoms with Crippen LogP contribution in [0.25, 0.3) is 33.3 Å². The van der Waals surface area contributed by atoms with Crippen LogP contribution in [0.1, 0.15) is 41.6 Å². The zero-order chi connectivity index (χ0) is 25.6. The zero-order valence-corrected chi connectivity index (χ0v) is 20.5. The van der Waals surface area contributed by atoms with E-state index >= 15 is 0 Å². The lowest BCUT2D eigenvalue weighted by Crippen LogP contribution is -2.33. The summed E-state index contributed by atoms with van der Waals surface area (Å²) in [7, 11) is 0. The number of hydroxylamine groups is 1. The first-order chi connectivity index (χ1) is 18.1. The minimum absolute atomic E-state index is 0.185. The van der Waals surface area contributed by atoms with Gasteiger partial charge in [0, 0.05) is 48.7 Å². The molecule has 2 aromatic heterocycles. The first kappa shape index (κ1) is 24.8. The number of pyridine rings is 2. The van der Waals surface area contributed by atoms with Crippen molar-refractivity contribution >= 4 is 22.5 Å². The summed E-state index contributed by atoms with van der Waals surface area (Å²) in [4.78, 5) is 27.5. The molecular formula is C29H30N4O4. The zero-order valence-electron chi connectivity index (χ0n) is 20.5. The molecule has 4 N–H and O–H groups in total. The Balaban J connectivity index is 1.42. The van der Waals surface area contributed by atoms with Crippen LogP contribution in [0.3, 0.4) is 0 Å². The smallest absolute Gasteiger partial charge is 0.275 e. The van der Waals surface area contributed by atoms with Crippen LogP contribution in [-0.2, 0) is 16.0 Å². The van der Waals surface area contributed by atoms with Crippen molar-refractivity contribution in [3.8, 4) is 22.4 Å². The summed E-state index contributed by atoms with van der Waals surface area (Å²) in [5.41, 5.74) is 15.1. The Morgan fingerprint density at radius 2 is 1.95 bits per heavy atom. The highest BCUT2D eigenvalue weighted by Crippen LogP contribution is 2.32. The van der Waals surface area contributed by atoms with Gasteiger partial charge in [0.15, 0.2) is 6.29 Å². The van der Waals surface area contributed by atoms with Crippen LogP contribution in [0.2, 0.25) is 0 Å². The number of amides is 1. The molecule has 37 heavy (non-hydrogen) atoms. The number of carbonyl (C=O) groups excluding carboxylic acids is 1. The predicted molar refractivity (Wildman–Crippen MR) is 142 cm³/mol. The summed E-state index contributed by atoms with van der Waals surface area (Å²) in [6, 6.07) is 17.6. The van der Waals surface area contributed by atoms with E-state index in [1.54, 1.807) is 24.5 Å². The molecule has 1 atom stereocenters. The highest BCUT2D eigenvalue weighted by atomic mass is 16.8. The number of nitrogens with two attached hydrogens (primary N) is 1. The monoisotopic (exact) mass is 498 g/mol. The van der Waals surface area contributed by atoms with Crippen molar-refractivity contribution < 1.29 is 19.5 Å². The molecule has 0 bridgehead atoms. The molecule has 3 heterocycles. The maximum Gasteiger partial charge on any atom is 0.275 e. The molecule has 5 rings (SSSR count). The summed E-state index contributed by atoms with van der Waals surface area (Å²) in [5.74, 6) is -0.396. The van der Waals surface area contributed by atoms with Gasteiger partial charge in [-0.2, -0.15) is 0 Å². The number of ether oxygens (including phenoxy) is 1. The Hall–Kier alpha value is -3.85. The number of aromatic nitrogens is 2. The van der Waals surface area contributed by atoms with Gasteiger partial charge in [0.25, 0.3) is 5.91 Å². The van der Waals surface area contributed by atoms with Crippen LogP contribution < -0.4 is 11.2 Å². The Morgan fingerprint density at radius 3 is 2.70 bits per heavy atom. The summed E-state index contributed by atoms with van der Waals surface area (Å²) in [5, 5.41) is 9.66. The number of aliphatic hydroxyl groups excluding tert-OH is 1. The molecule has 1 fully saturated rings. The van der Waals surface area contributed by atoms with Gasteiger partial charge in [-0.15, -0.1) is 0 Å². The molecule has 8 heteroatoms. The first-order valence-electron chi connectivity index (χ1n) is 12.5. The number of fused-ring (bicyclic) bond motifs is 1. The number of nitrogens with one attached hydrogen (secondary N) is 1. The number of aryl methyl sites for hydroxylation is 1. The third-order valence-corrected chi connectivity index (χ3v) is 6.51. The van der Waals surface area contributed by atoms with Crippen molar-refractivity contribution in [2.45, 2.75) is 38.4 Å². The summed E-state index contributed by atoms with van der Waals surface area (Å²) < 4.78 is 5.54. The fourth-order valence-corrected chi connectivity index (χ4v) is 4.50. The summed E-state index contributed by atoms with van der Waals surface area (Å²) in [6.45, 7) is 0.806. The number of nitrogen functional groups attached to an aromatic ring is 1. The molecule has 1 aliphatic rings. The summed E-state index contributed by atoms with van der Waals surface area (Å²) >= 11 is 0. The Morgan fingerprint density at radius 1 is 1.11 bits per heavy atom. The second kappa shape index (κ2) is 11.5. The number of rotatable bonds is 8. The molecule has 1 saturated heterocycles. The molecule has 1 aliphatic heterocycles. The standard InChI is InChI=1S/C29H30N4O4/c30-25-16-21(20-8-6-19(7-9-20)4-3-14-34)10-11-22(25)27-17-23(24-18-31-13-12-26(24)32-27)29(35)33-37-28-5-1-2-15-36-28/h6-13,16-18,28,34H,1-5,14-15,30H2,(H,33,35). The number of benzene rings is 2. The van der Waals surface area contributed by atoms with Crippen molar-refractivity contribution in [2.24, 2.45) is 0 Å². The minimum atomic E-state index is -0.449. The topological polar surface area (TPSA) is 120 Å². The Labute approximate surface area is 215 Å². The van der Waals surface area contributed by atoms with Gasteiger partial charge in [0.1, 0.15) is 0 Å². The molecule has 1 amide bonds.